The van der Waals surface area contributed by atoms with Gasteiger partial charge in [-0.05, 0) is 25.0 Å². The minimum atomic E-state index is -0.00695. The number of guanidine groups is 1. The zero-order valence-electron chi connectivity index (χ0n) is 11.5. The Kier molecular flexibility index (Phi) is 3.84. The fourth-order valence-electron chi connectivity index (χ4n) is 2.23. The summed E-state index contributed by atoms with van der Waals surface area (Å²) in [5, 5.41) is 6.66. The summed E-state index contributed by atoms with van der Waals surface area (Å²) in [7, 11) is 0. The van der Waals surface area contributed by atoms with Crippen molar-refractivity contribution < 1.29 is 0 Å². The standard InChI is InChI=1S/C14H22N4/c1-11-6-4-7-15-12(11)14(2,3)10-18-13-16-8-5-9-17-13/h4,6-7H,5,8-10H2,1-3H3,(H2,16,17,18). The molecule has 0 atom stereocenters. The molecule has 2 rings (SSSR count). The Balaban J connectivity index is 2.03. The van der Waals surface area contributed by atoms with Crippen LogP contribution >= 0.6 is 0 Å². The summed E-state index contributed by atoms with van der Waals surface area (Å²) in [6.45, 7) is 9.28. The van der Waals surface area contributed by atoms with Gasteiger partial charge in [-0.15, -0.1) is 0 Å². The third-order valence-electron chi connectivity index (χ3n) is 3.25. The van der Waals surface area contributed by atoms with Crippen LogP contribution in [0, 0.1) is 6.92 Å². The first-order chi connectivity index (χ1) is 8.59. The van der Waals surface area contributed by atoms with Crippen LogP contribution in [0.4, 0.5) is 0 Å². The fraction of sp³-hybridized carbons (Fsp3) is 0.571. The minimum Gasteiger partial charge on any atom is -0.356 e. The average Bonchev–Trinajstić information content (AvgIpc) is 2.38. The smallest absolute Gasteiger partial charge is 0.191 e. The highest BCUT2D eigenvalue weighted by molar-refractivity contribution is 5.80. The summed E-state index contributed by atoms with van der Waals surface area (Å²) >= 11 is 0. The Morgan fingerprint density at radius 3 is 2.94 bits per heavy atom. The normalized spacial score (nSPS) is 15.8. The molecule has 0 saturated heterocycles. The van der Waals surface area contributed by atoms with Crippen LogP contribution in [-0.4, -0.2) is 30.6 Å². The molecule has 98 valence electrons. The first-order valence-electron chi connectivity index (χ1n) is 6.54. The predicted molar refractivity (Wildman–Crippen MR) is 74.9 cm³/mol. The molecular weight excluding hydrogens is 224 g/mol. The zero-order chi connectivity index (χ0) is 13.0. The molecule has 18 heavy (non-hydrogen) atoms. The monoisotopic (exact) mass is 246 g/mol. The average molecular weight is 246 g/mol. The van der Waals surface area contributed by atoms with Crippen molar-refractivity contribution in [2.75, 3.05) is 19.6 Å². The summed E-state index contributed by atoms with van der Waals surface area (Å²) in [6, 6.07) is 4.09. The molecule has 0 unspecified atom stereocenters. The number of hydrogen-bond donors (Lipinski definition) is 2. The highest BCUT2D eigenvalue weighted by atomic mass is 15.2. The topological polar surface area (TPSA) is 49.3 Å². The van der Waals surface area contributed by atoms with E-state index in [1.54, 1.807) is 0 Å². The van der Waals surface area contributed by atoms with Crippen LogP contribution in [0.5, 0.6) is 0 Å². The van der Waals surface area contributed by atoms with E-state index < -0.39 is 0 Å². The Morgan fingerprint density at radius 2 is 2.28 bits per heavy atom. The number of pyridine rings is 1. The van der Waals surface area contributed by atoms with E-state index in [0.29, 0.717) is 0 Å². The summed E-state index contributed by atoms with van der Waals surface area (Å²) < 4.78 is 0. The van der Waals surface area contributed by atoms with Gasteiger partial charge in [0.1, 0.15) is 0 Å². The van der Waals surface area contributed by atoms with Crippen LogP contribution in [0.25, 0.3) is 0 Å². The lowest BCUT2D eigenvalue weighted by molar-refractivity contribution is 0.488. The molecule has 2 N–H and O–H groups in total. The molecule has 4 nitrogen and oxygen atoms in total. The Labute approximate surface area is 109 Å². The van der Waals surface area contributed by atoms with E-state index in [1.807, 2.05) is 12.3 Å². The highest BCUT2D eigenvalue weighted by Gasteiger charge is 2.24. The SMILES string of the molecule is Cc1cccnc1C(C)(C)CNC1=NCCCN1. The van der Waals surface area contributed by atoms with Crippen molar-refractivity contribution in [3.63, 3.8) is 0 Å². The van der Waals surface area contributed by atoms with Crippen molar-refractivity contribution in [3.05, 3.63) is 29.6 Å². The van der Waals surface area contributed by atoms with Gasteiger partial charge in [0.05, 0.1) is 5.69 Å². The molecule has 1 aromatic rings. The second-order valence-electron chi connectivity index (χ2n) is 5.42. The largest absolute Gasteiger partial charge is 0.356 e. The molecule has 1 aliphatic heterocycles. The van der Waals surface area contributed by atoms with E-state index in [-0.39, 0.29) is 5.41 Å². The number of rotatable bonds is 3. The van der Waals surface area contributed by atoms with Gasteiger partial charge in [-0.2, -0.15) is 0 Å². The van der Waals surface area contributed by atoms with E-state index in [2.05, 4.69) is 47.4 Å². The second kappa shape index (κ2) is 5.38. The molecule has 4 heteroatoms. The Morgan fingerprint density at radius 1 is 1.44 bits per heavy atom. The van der Waals surface area contributed by atoms with E-state index in [0.717, 1.165) is 37.7 Å². The molecule has 0 radical (unpaired) electrons. The summed E-state index contributed by atoms with van der Waals surface area (Å²) in [4.78, 5) is 8.94. The summed E-state index contributed by atoms with van der Waals surface area (Å²) in [6.07, 6.45) is 2.98. The van der Waals surface area contributed by atoms with Crippen molar-refractivity contribution in [1.29, 1.82) is 0 Å². The van der Waals surface area contributed by atoms with Gasteiger partial charge >= 0.3 is 0 Å². The van der Waals surface area contributed by atoms with Crippen molar-refractivity contribution in [1.82, 2.24) is 15.6 Å². The van der Waals surface area contributed by atoms with Crippen molar-refractivity contribution >= 4 is 5.96 Å². The number of nitrogens with zero attached hydrogens (tertiary/aromatic N) is 2. The van der Waals surface area contributed by atoms with Crippen LogP contribution in [-0.2, 0) is 5.41 Å². The molecule has 1 aliphatic rings. The van der Waals surface area contributed by atoms with Crippen LogP contribution in [0.2, 0.25) is 0 Å². The maximum absolute atomic E-state index is 4.51. The number of aromatic nitrogens is 1. The van der Waals surface area contributed by atoms with Crippen molar-refractivity contribution in [3.8, 4) is 0 Å². The van der Waals surface area contributed by atoms with Gasteiger partial charge in [-0.3, -0.25) is 9.98 Å². The molecule has 0 fully saturated rings. The van der Waals surface area contributed by atoms with Crippen molar-refractivity contribution in [2.45, 2.75) is 32.6 Å². The van der Waals surface area contributed by atoms with Gasteiger partial charge in [0.25, 0.3) is 0 Å². The molecule has 0 amide bonds. The lowest BCUT2D eigenvalue weighted by Crippen LogP contribution is -2.45. The van der Waals surface area contributed by atoms with Gasteiger partial charge in [0.15, 0.2) is 5.96 Å². The summed E-state index contributed by atoms with van der Waals surface area (Å²) in [5.41, 5.74) is 2.38. The molecule has 0 spiro atoms. The number of hydrogen-bond acceptors (Lipinski definition) is 4. The highest BCUT2D eigenvalue weighted by Crippen LogP contribution is 2.22. The quantitative estimate of drug-likeness (QED) is 0.852. The molecule has 0 bridgehead atoms. The molecule has 0 aliphatic carbocycles. The first-order valence-corrected chi connectivity index (χ1v) is 6.54. The second-order valence-corrected chi connectivity index (χ2v) is 5.42. The third-order valence-corrected chi connectivity index (χ3v) is 3.25. The fourth-order valence-corrected chi connectivity index (χ4v) is 2.23. The van der Waals surface area contributed by atoms with Gasteiger partial charge in [0.2, 0.25) is 0 Å². The van der Waals surface area contributed by atoms with Crippen LogP contribution in [0.1, 0.15) is 31.5 Å². The molecule has 0 saturated carbocycles. The molecule has 2 heterocycles. The minimum absolute atomic E-state index is 0.00695. The molecule has 1 aromatic heterocycles. The maximum Gasteiger partial charge on any atom is 0.191 e. The number of aliphatic imine (C=N–C) groups is 1. The van der Waals surface area contributed by atoms with E-state index >= 15 is 0 Å². The van der Waals surface area contributed by atoms with E-state index in [4.69, 9.17) is 0 Å². The zero-order valence-corrected chi connectivity index (χ0v) is 11.5. The van der Waals surface area contributed by atoms with Gasteiger partial charge in [-0.25, -0.2) is 0 Å². The predicted octanol–water partition coefficient (Wildman–Crippen LogP) is 1.61. The lowest BCUT2D eigenvalue weighted by atomic mass is 9.86. The summed E-state index contributed by atoms with van der Waals surface area (Å²) in [5.74, 6) is 0.919. The Bertz CT molecular complexity index is 437. The first kappa shape index (κ1) is 12.9. The lowest BCUT2D eigenvalue weighted by Gasteiger charge is -2.27. The van der Waals surface area contributed by atoms with Gasteiger partial charge in [-0.1, -0.05) is 19.9 Å². The maximum atomic E-state index is 4.51. The van der Waals surface area contributed by atoms with E-state index in [1.165, 1.54) is 5.56 Å². The third kappa shape index (κ3) is 3.00. The van der Waals surface area contributed by atoms with Crippen LogP contribution in [0.15, 0.2) is 23.3 Å². The van der Waals surface area contributed by atoms with Gasteiger partial charge in [0, 0.05) is 31.2 Å². The molecule has 0 aromatic carbocycles. The molecular formula is C14H22N4. The van der Waals surface area contributed by atoms with Crippen molar-refractivity contribution in [2.24, 2.45) is 4.99 Å². The van der Waals surface area contributed by atoms with Crippen LogP contribution in [0.3, 0.4) is 0 Å². The Hall–Kier alpha value is -1.58. The number of aryl methyl sites for hydroxylation is 1. The van der Waals surface area contributed by atoms with E-state index in [9.17, 15) is 0 Å². The number of nitrogens with one attached hydrogen (secondary N) is 2. The van der Waals surface area contributed by atoms with Gasteiger partial charge < -0.3 is 10.6 Å². The van der Waals surface area contributed by atoms with Crippen LogP contribution < -0.4 is 10.6 Å².